The predicted molar refractivity (Wildman–Crippen MR) is 94.0 cm³/mol. The molecule has 25 heavy (non-hydrogen) atoms. The number of ether oxygens (including phenoxy) is 1. The van der Waals surface area contributed by atoms with Crippen molar-refractivity contribution >= 4 is 6.01 Å². The molecule has 1 aliphatic heterocycles. The Bertz CT molecular complexity index is 874. The SMILES string of the molecule is COc1ccc(-c2noc(N3CCc4ccc(O)cc4CC3)n2)cc1. The number of hydrogen-bond donors (Lipinski definition) is 1. The first-order valence-electron chi connectivity index (χ1n) is 8.27. The van der Waals surface area contributed by atoms with E-state index < -0.39 is 0 Å². The van der Waals surface area contributed by atoms with Crippen LogP contribution in [0.1, 0.15) is 11.1 Å². The second-order valence-electron chi connectivity index (χ2n) is 6.07. The second-order valence-corrected chi connectivity index (χ2v) is 6.07. The van der Waals surface area contributed by atoms with Gasteiger partial charge in [-0.2, -0.15) is 4.98 Å². The summed E-state index contributed by atoms with van der Waals surface area (Å²) in [5.41, 5.74) is 3.33. The molecule has 2 aromatic carbocycles. The molecule has 0 aliphatic carbocycles. The van der Waals surface area contributed by atoms with Crippen LogP contribution < -0.4 is 9.64 Å². The summed E-state index contributed by atoms with van der Waals surface area (Å²) in [5.74, 6) is 1.67. The number of rotatable bonds is 3. The Balaban J connectivity index is 1.52. The molecule has 1 aromatic heterocycles. The first kappa shape index (κ1) is 15.5. The van der Waals surface area contributed by atoms with Gasteiger partial charge in [-0.3, -0.25) is 0 Å². The van der Waals surface area contributed by atoms with Crippen molar-refractivity contribution in [2.45, 2.75) is 12.8 Å². The molecule has 6 heteroatoms. The summed E-state index contributed by atoms with van der Waals surface area (Å²) in [6.07, 6.45) is 1.72. The van der Waals surface area contributed by atoms with Gasteiger partial charge in [-0.15, -0.1) is 0 Å². The second kappa shape index (κ2) is 6.47. The number of phenols is 1. The number of phenolic OH excluding ortho intramolecular Hbond substituents is 1. The number of nitrogens with zero attached hydrogens (tertiary/aromatic N) is 3. The molecule has 0 amide bonds. The predicted octanol–water partition coefficient (Wildman–Crippen LogP) is 3.06. The minimum absolute atomic E-state index is 0.312. The lowest BCUT2D eigenvalue weighted by atomic mass is 10.0. The van der Waals surface area contributed by atoms with Crippen molar-refractivity contribution in [1.29, 1.82) is 0 Å². The molecule has 0 spiro atoms. The molecule has 1 N–H and O–H groups in total. The summed E-state index contributed by atoms with van der Waals surface area (Å²) < 4.78 is 10.6. The Morgan fingerprint density at radius 2 is 1.80 bits per heavy atom. The van der Waals surface area contributed by atoms with Crippen molar-refractivity contribution in [3.8, 4) is 22.9 Å². The van der Waals surface area contributed by atoms with E-state index in [9.17, 15) is 5.11 Å². The van der Waals surface area contributed by atoms with Gasteiger partial charge in [0, 0.05) is 18.7 Å². The van der Waals surface area contributed by atoms with E-state index in [1.165, 1.54) is 11.1 Å². The maximum atomic E-state index is 9.67. The van der Waals surface area contributed by atoms with Crippen LogP contribution in [0.5, 0.6) is 11.5 Å². The number of methoxy groups -OCH3 is 1. The highest BCUT2D eigenvalue weighted by Gasteiger charge is 2.19. The van der Waals surface area contributed by atoms with Crippen molar-refractivity contribution in [2.75, 3.05) is 25.1 Å². The maximum absolute atomic E-state index is 9.67. The monoisotopic (exact) mass is 337 g/mol. The molecule has 3 aromatic rings. The van der Waals surface area contributed by atoms with Crippen LogP contribution in [0.25, 0.3) is 11.4 Å². The molecular formula is C19H19N3O3. The summed E-state index contributed by atoms with van der Waals surface area (Å²) >= 11 is 0. The van der Waals surface area contributed by atoms with E-state index in [0.29, 0.717) is 17.6 Å². The standard InChI is InChI=1S/C19H19N3O3/c1-24-17-6-3-14(4-7-17)18-20-19(25-21-18)22-10-8-13-2-5-16(23)12-15(13)9-11-22/h2-7,12,23H,8-11H2,1H3. The van der Waals surface area contributed by atoms with Crippen molar-refractivity contribution in [3.05, 3.63) is 53.6 Å². The lowest BCUT2D eigenvalue weighted by molar-refractivity contribution is 0.413. The Morgan fingerprint density at radius 3 is 2.56 bits per heavy atom. The highest BCUT2D eigenvalue weighted by atomic mass is 16.5. The molecule has 6 nitrogen and oxygen atoms in total. The molecular weight excluding hydrogens is 318 g/mol. The van der Waals surface area contributed by atoms with Crippen LogP contribution in [0.15, 0.2) is 47.0 Å². The van der Waals surface area contributed by atoms with Gasteiger partial charge in [0.05, 0.1) is 7.11 Å². The molecule has 2 heterocycles. The molecule has 128 valence electrons. The Labute approximate surface area is 145 Å². The third-order valence-electron chi connectivity index (χ3n) is 4.53. The molecule has 0 bridgehead atoms. The molecule has 0 fully saturated rings. The first-order valence-corrected chi connectivity index (χ1v) is 8.27. The summed E-state index contributed by atoms with van der Waals surface area (Å²) in [4.78, 5) is 6.63. The zero-order chi connectivity index (χ0) is 17.2. The number of aromatic nitrogens is 2. The van der Waals surface area contributed by atoms with Gasteiger partial charge in [0.1, 0.15) is 11.5 Å². The van der Waals surface area contributed by atoms with E-state index >= 15 is 0 Å². The first-order chi connectivity index (χ1) is 12.2. The van der Waals surface area contributed by atoms with Crippen LogP contribution in [0.3, 0.4) is 0 Å². The van der Waals surface area contributed by atoms with Crippen LogP contribution in [-0.4, -0.2) is 35.4 Å². The molecule has 0 unspecified atom stereocenters. The van der Waals surface area contributed by atoms with E-state index in [0.717, 1.165) is 37.2 Å². The average molecular weight is 337 g/mol. The van der Waals surface area contributed by atoms with Crippen molar-refractivity contribution < 1.29 is 14.4 Å². The molecule has 0 atom stereocenters. The van der Waals surface area contributed by atoms with Crippen LogP contribution in [-0.2, 0) is 12.8 Å². The van der Waals surface area contributed by atoms with E-state index in [1.54, 1.807) is 13.2 Å². The fraction of sp³-hybridized carbons (Fsp3) is 0.263. The van der Waals surface area contributed by atoms with Gasteiger partial charge in [-0.05, 0) is 60.4 Å². The fourth-order valence-corrected chi connectivity index (χ4v) is 3.10. The number of fused-ring (bicyclic) bond motifs is 1. The third kappa shape index (κ3) is 3.15. The van der Waals surface area contributed by atoms with E-state index in [2.05, 4.69) is 15.0 Å². The van der Waals surface area contributed by atoms with Crippen molar-refractivity contribution in [2.24, 2.45) is 0 Å². The van der Waals surface area contributed by atoms with E-state index in [-0.39, 0.29) is 0 Å². The van der Waals surface area contributed by atoms with Crippen LogP contribution in [0, 0.1) is 0 Å². The van der Waals surface area contributed by atoms with Gasteiger partial charge in [-0.25, -0.2) is 0 Å². The quantitative estimate of drug-likeness (QED) is 0.792. The number of aromatic hydroxyl groups is 1. The number of hydrogen-bond acceptors (Lipinski definition) is 6. The summed E-state index contributed by atoms with van der Waals surface area (Å²) in [6, 6.07) is 13.7. The Morgan fingerprint density at radius 1 is 1.04 bits per heavy atom. The van der Waals surface area contributed by atoms with Crippen molar-refractivity contribution in [1.82, 2.24) is 10.1 Å². The van der Waals surface area contributed by atoms with Gasteiger partial charge in [0.15, 0.2) is 0 Å². The molecule has 0 saturated carbocycles. The van der Waals surface area contributed by atoms with E-state index in [4.69, 9.17) is 9.26 Å². The van der Waals surface area contributed by atoms with Gasteiger partial charge >= 0.3 is 6.01 Å². The maximum Gasteiger partial charge on any atom is 0.324 e. The minimum atomic E-state index is 0.312. The average Bonchev–Trinajstić information content (AvgIpc) is 3.04. The summed E-state index contributed by atoms with van der Waals surface area (Å²) in [7, 11) is 1.64. The van der Waals surface area contributed by atoms with Crippen LogP contribution >= 0.6 is 0 Å². The molecule has 1 aliphatic rings. The Kier molecular flexibility index (Phi) is 4.01. The largest absolute Gasteiger partial charge is 0.508 e. The zero-order valence-corrected chi connectivity index (χ0v) is 14.0. The van der Waals surface area contributed by atoms with Gasteiger partial charge in [0.25, 0.3) is 0 Å². The smallest absolute Gasteiger partial charge is 0.324 e. The molecule has 4 rings (SSSR count). The lowest BCUT2D eigenvalue weighted by Crippen LogP contribution is -2.26. The topological polar surface area (TPSA) is 71.6 Å². The summed E-state index contributed by atoms with van der Waals surface area (Å²) in [6.45, 7) is 1.59. The van der Waals surface area contributed by atoms with Crippen LogP contribution in [0.2, 0.25) is 0 Å². The van der Waals surface area contributed by atoms with Gasteiger partial charge in [0.2, 0.25) is 5.82 Å². The molecule has 0 saturated heterocycles. The highest BCUT2D eigenvalue weighted by molar-refractivity contribution is 5.57. The Hall–Kier alpha value is -3.02. The number of benzene rings is 2. The summed E-state index contributed by atoms with van der Waals surface area (Å²) in [5, 5.41) is 13.8. The highest BCUT2D eigenvalue weighted by Crippen LogP contribution is 2.25. The number of anilines is 1. The normalized spacial score (nSPS) is 14.0. The van der Waals surface area contributed by atoms with Crippen LogP contribution in [0.4, 0.5) is 6.01 Å². The fourth-order valence-electron chi connectivity index (χ4n) is 3.10. The van der Waals surface area contributed by atoms with Gasteiger partial charge in [-0.1, -0.05) is 11.2 Å². The zero-order valence-electron chi connectivity index (χ0n) is 14.0. The van der Waals surface area contributed by atoms with Gasteiger partial charge < -0.3 is 19.3 Å². The lowest BCUT2D eigenvalue weighted by Gasteiger charge is -2.16. The van der Waals surface area contributed by atoms with Crippen molar-refractivity contribution in [3.63, 3.8) is 0 Å². The van der Waals surface area contributed by atoms with E-state index in [1.807, 2.05) is 36.4 Å². The third-order valence-corrected chi connectivity index (χ3v) is 4.53. The minimum Gasteiger partial charge on any atom is -0.508 e. The molecule has 0 radical (unpaired) electrons.